The Morgan fingerprint density at radius 3 is 2.08 bits per heavy atom. The van der Waals surface area contributed by atoms with Gasteiger partial charge in [0.15, 0.2) is 0 Å². The number of carbonyl (C=O) groups is 4. The first-order valence-electron chi connectivity index (χ1n) is 11.8. The maximum atomic E-state index is 13.1. The van der Waals surface area contributed by atoms with Crippen LogP contribution < -0.4 is 15.0 Å². The zero-order valence-corrected chi connectivity index (χ0v) is 22.0. The lowest BCUT2D eigenvalue weighted by atomic mass is 10.1. The molecule has 194 valence electrons. The van der Waals surface area contributed by atoms with E-state index in [1.165, 1.54) is 36.4 Å². The first kappa shape index (κ1) is 26.6. The molecule has 0 fully saturated rings. The maximum absolute atomic E-state index is 13.1. The second-order valence-corrected chi connectivity index (χ2v) is 9.30. The van der Waals surface area contributed by atoms with Gasteiger partial charge in [-0.05, 0) is 93.4 Å². The first-order chi connectivity index (χ1) is 18.1. The number of hydrogen-bond acceptors (Lipinski definition) is 7. The Bertz CT molecular complexity index is 1460. The highest BCUT2D eigenvalue weighted by Crippen LogP contribution is 2.30. The standard InChI is InChI=1S/C29H25ClN2O6/c1-16(2)37-28(35)20-10-14-22(15-11-20)32-26(33)24(30)25(27(32)34)31-21-12-8-19(9-13-21)29(36)38-23-7-5-6-17(3)18(23)4/h5-16,31H,1-4H3. The Morgan fingerprint density at radius 2 is 1.45 bits per heavy atom. The molecule has 0 aromatic heterocycles. The number of anilines is 2. The fraction of sp³-hybridized carbons (Fsp3) is 0.172. The summed E-state index contributed by atoms with van der Waals surface area (Å²) in [6.45, 7) is 7.28. The van der Waals surface area contributed by atoms with E-state index in [4.69, 9.17) is 21.1 Å². The molecule has 4 rings (SSSR count). The number of halogens is 1. The fourth-order valence-electron chi connectivity index (χ4n) is 3.70. The summed E-state index contributed by atoms with van der Waals surface area (Å²) < 4.78 is 10.7. The number of imide groups is 1. The van der Waals surface area contributed by atoms with E-state index in [0.29, 0.717) is 17.0 Å². The lowest BCUT2D eigenvalue weighted by Crippen LogP contribution is -2.32. The third kappa shape index (κ3) is 5.45. The molecule has 38 heavy (non-hydrogen) atoms. The van der Waals surface area contributed by atoms with Gasteiger partial charge in [-0.15, -0.1) is 0 Å². The van der Waals surface area contributed by atoms with E-state index in [1.54, 1.807) is 32.0 Å². The van der Waals surface area contributed by atoms with Crippen molar-refractivity contribution in [3.8, 4) is 5.75 Å². The highest BCUT2D eigenvalue weighted by atomic mass is 35.5. The Balaban J connectivity index is 1.45. The molecule has 2 amide bonds. The number of carbonyl (C=O) groups excluding carboxylic acids is 4. The molecule has 0 bridgehead atoms. The zero-order chi connectivity index (χ0) is 27.6. The van der Waals surface area contributed by atoms with Crippen molar-refractivity contribution in [1.82, 2.24) is 0 Å². The minimum absolute atomic E-state index is 0.106. The predicted octanol–water partition coefficient (Wildman–Crippen LogP) is 5.52. The average Bonchev–Trinajstić information content (AvgIpc) is 3.09. The number of ether oxygens (including phenoxy) is 2. The first-order valence-corrected chi connectivity index (χ1v) is 12.2. The Kier molecular flexibility index (Phi) is 7.64. The lowest BCUT2D eigenvalue weighted by Gasteiger charge is -2.16. The summed E-state index contributed by atoms with van der Waals surface area (Å²) in [6.07, 6.45) is -0.280. The van der Waals surface area contributed by atoms with Crippen molar-refractivity contribution in [2.24, 2.45) is 0 Å². The second-order valence-electron chi connectivity index (χ2n) is 8.93. The number of amides is 2. The van der Waals surface area contributed by atoms with E-state index < -0.39 is 23.8 Å². The van der Waals surface area contributed by atoms with Crippen LogP contribution in [0.3, 0.4) is 0 Å². The van der Waals surface area contributed by atoms with Crippen LogP contribution in [0, 0.1) is 13.8 Å². The molecule has 0 spiro atoms. The molecule has 0 radical (unpaired) electrons. The summed E-state index contributed by atoms with van der Waals surface area (Å²) in [5.41, 5.74) is 3.06. The number of nitrogens with one attached hydrogen (secondary N) is 1. The van der Waals surface area contributed by atoms with E-state index in [9.17, 15) is 19.2 Å². The quantitative estimate of drug-likeness (QED) is 0.243. The Labute approximate surface area is 224 Å². The molecule has 1 N–H and O–H groups in total. The molecule has 1 heterocycles. The minimum Gasteiger partial charge on any atom is -0.459 e. The highest BCUT2D eigenvalue weighted by Gasteiger charge is 2.39. The molecule has 0 saturated carbocycles. The van der Waals surface area contributed by atoms with Crippen LogP contribution in [0.1, 0.15) is 45.7 Å². The van der Waals surface area contributed by atoms with E-state index >= 15 is 0 Å². The van der Waals surface area contributed by atoms with Crippen molar-refractivity contribution in [3.63, 3.8) is 0 Å². The van der Waals surface area contributed by atoms with Crippen LogP contribution in [-0.2, 0) is 14.3 Å². The van der Waals surface area contributed by atoms with Gasteiger partial charge in [-0.2, -0.15) is 0 Å². The van der Waals surface area contributed by atoms with Crippen LogP contribution in [0.5, 0.6) is 5.75 Å². The average molecular weight is 533 g/mol. The normalized spacial score (nSPS) is 13.3. The van der Waals surface area contributed by atoms with E-state index in [2.05, 4.69) is 5.32 Å². The van der Waals surface area contributed by atoms with Gasteiger partial charge < -0.3 is 14.8 Å². The third-order valence-electron chi connectivity index (χ3n) is 5.88. The van der Waals surface area contributed by atoms with E-state index in [-0.39, 0.29) is 28.1 Å². The van der Waals surface area contributed by atoms with Gasteiger partial charge in [-0.3, -0.25) is 9.59 Å². The predicted molar refractivity (Wildman–Crippen MR) is 143 cm³/mol. The monoisotopic (exact) mass is 532 g/mol. The number of benzene rings is 3. The van der Waals surface area contributed by atoms with Gasteiger partial charge in [-0.25, -0.2) is 14.5 Å². The van der Waals surface area contributed by atoms with E-state index in [0.717, 1.165) is 16.0 Å². The Morgan fingerprint density at radius 1 is 0.842 bits per heavy atom. The number of aryl methyl sites for hydroxylation is 1. The van der Waals surface area contributed by atoms with Crippen LogP contribution in [0.25, 0.3) is 0 Å². The molecule has 8 nitrogen and oxygen atoms in total. The van der Waals surface area contributed by atoms with Gasteiger partial charge in [0.1, 0.15) is 16.5 Å². The Hall–Kier alpha value is -4.43. The summed E-state index contributed by atoms with van der Waals surface area (Å²) in [7, 11) is 0. The minimum atomic E-state index is -0.703. The van der Waals surface area contributed by atoms with Crippen molar-refractivity contribution in [1.29, 1.82) is 0 Å². The molecule has 1 aliphatic rings. The van der Waals surface area contributed by atoms with Gasteiger partial charge in [0, 0.05) is 5.69 Å². The molecule has 3 aromatic carbocycles. The molecule has 1 aliphatic heterocycles. The molecule has 9 heteroatoms. The van der Waals surface area contributed by atoms with Crippen LogP contribution in [0.2, 0.25) is 0 Å². The van der Waals surface area contributed by atoms with Gasteiger partial charge in [0.05, 0.1) is 22.9 Å². The van der Waals surface area contributed by atoms with Gasteiger partial charge >= 0.3 is 11.9 Å². The summed E-state index contributed by atoms with van der Waals surface area (Å²) in [5, 5.41) is 2.58. The van der Waals surface area contributed by atoms with Gasteiger partial charge in [0.25, 0.3) is 11.8 Å². The largest absolute Gasteiger partial charge is 0.459 e. The molecule has 0 atom stereocenters. The van der Waals surface area contributed by atoms with Crippen LogP contribution in [0.4, 0.5) is 11.4 Å². The molecule has 0 aliphatic carbocycles. The number of nitrogens with zero attached hydrogens (tertiary/aromatic N) is 1. The van der Waals surface area contributed by atoms with Crippen LogP contribution in [-0.4, -0.2) is 29.9 Å². The van der Waals surface area contributed by atoms with Crippen LogP contribution >= 0.6 is 11.6 Å². The molecular formula is C29H25ClN2O6. The fourth-order valence-corrected chi connectivity index (χ4v) is 3.91. The SMILES string of the molecule is Cc1cccc(OC(=O)c2ccc(NC3=C(Cl)C(=O)N(c4ccc(C(=O)OC(C)C)cc4)C3=O)cc2)c1C. The molecule has 0 unspecified atom stereocenters. The molecule has 0 saturated heterocycles. The molecule has 3 aromatic rings. The van der Waals surface area contributed by atoms with Crippen molar-refractivity contribution >= 4 is 46.7 Å². The highest BCUT2D eigenvalue weighted by molar-refractivity contribution is 6.53. The topological polar surface area (TPSA) is 102 Å². The number of hydrogen-bond donors (Lipinski definition) is 1. The maximum Gasteiger partial charge on any atom is 0.343 e. The summed E-state index contributed by atoms with van der Waals surface area (Å²) in [6, 6.07) is 17.6. The van der Waals surface area contributed by atoms with Crippen LogP contribution in [0.15, 0.2) is 77.5 Å². The summed E-state index contributed by atoms with van der Waals surface area (Å²) in [4.78, 5) is 51.4. The summed E-state index contributed by atoms with van der Waals surface area (Å²) >= 11 is 6.21. The smallest absolute Gasteiger partial charge is 0.343 e. The molecular weight excluding hydrogens is 508 g/mol. The lowest BCUT2D eigenvalue weighted by molar-refractivity contribution is -0.120. The second kappa shape index (κ2) is 10.9. The number of esters is 2. The van der Waals surface area contributed by atoms with Crippen molar-refractivity contribution in [2.45, 2.75) is 33.8 Å². The van der Waals surface area contributed by atoms with E-state index in [1.807, 2.05) is 26.0 Å². The van der Waals surface area contributed by atoms with Crippen molar-refractivity contribution in [3.05, 3.63) is 99.7 Å². The number of rotatable bonds is 7. The summed E-state index contributed by atoms with van der Waals surface area (Å²) in [5.74, 6) is -1.91. The van der Waals surface area contributed by atoms with Crippen molar-refractivity contribution < 1.29 is 28.7 Å². The third-order valence-corrected chi connectivity index (χ3v) is 6.23. The van der Waals surface area contributed by atoms with Crippen molar-refractivity contribution in [2.75, 3.05) is 10.2 Å². The van der Waals surface area contributed by atoms with Gasteiger partial charge in [0.2, 0.25) is 0 Å². The zero-order valence-electron chi connectivity index (χ0n) is 21.2. The van der Waals surface area contributed by atoms with Gasteiger partial charge in [-0.1, -0.05) is 23.7 Å².